The summed E-state index contributed by atoms with van der Waals surface area (Å²) < 4.78 is 8.97. The average Bonchev–Trinajstić information content (AvgIpc) is 2.93. The molecule has 9 heteroatoms. The highest BCUT2D eigenvalue weighted by Crippen LogP contribution is 2.27. The number of aliphatic imine (C=N–C) groups is 1. The van der Waals surface area contributed by atoms with Gasteiger partial charge in [-0.3, -0.25) is 0 Å². The van der Waals surface area contributed by atoms with Crippen molar-refractivity contribution in [2.24, 2.45) is 10.8 Å². The minimum atomic E-state index is 0.501. The lowest BCUT2D eigenvalue weighted by molar-refractivity contribution is 0.467. The molecule has 1 aliphatic rings. The highest BCUT2D eigenvalue weighted by Gasteiger charge is 2.13. The summed E-state index contributed by atoms with van der Waals surface area (Å²) in [4.78, 5) is 13.9. The van der Waals surface area contributed by atoms with Crippen LogP contribution in [0.5, 0.6) is 0 Å². The predicted molar refractivity (Wildman–Crippen MR) is 107 cm³/mol. The third kappa shape index (κ3) is 4.27. The van der Waals surface area contributed by atoms with Gasteiger partial charge in [0.15, 0.2) is 11.2 Å². The highest BCUT2D eigenvalue weighted by molar-refractivity contribution is 8.01. The molecule has 0 saturated carbocycles. The van der Waals surface area contributed by atoms with E-state index in [1.54, 1.807) is 19.5 Å². The number of nitrogens with two attached hydrogens (primary N) is 1. The third-order valence-corrected chi connectivity index (χ3v) is 5.23. The molecule has 0 fully saturated rings. The number of aromatic nitrogens is 2. The Morgan fingerprint density at radius 2 is 2.35 bits per heavy atom. The van der Waals surface area contributed by atoms with Crippen molar-refractivity contribution < 1.29 is 4.42 Å². The maximum absolute atomic E-state index is 6.20. The van der Waals surface area contributed by atoms with E-state index in [1.807, 2.05) is 31.2 Å². The molecule has 0 bridgehead atoms. The first-order valence-corrected chi connectivity index (χ1v) is 9.23. The first-order valence-electron chi connectivity index (χ1n) is 8.03. The molecule has 0 atom stereocenters. The van der Waals surface area contributed by atoms with E-state index in [0.29, 0.717) is 28.7 Å². The van der Waals surface area contributed by atoms with Crippen molar-refractivity contribution in [1.29, 1.82) is 0 Å². The zero-order valence-electron chi connectivity index (χ0n) is 14.4. The van der Waals surface area contributed by atoms with Gasteiger partial charge in [0.1, 0.15) is 11.0 Å². The van der Waals surface area contributed by atoms with E-state index in [-0.39, 0.29) is 0 Å². The lowest BCUT2D eigenvalue weighted by Gasteiger charge is -2.15. The lowest BCUT2D eigenvalue weighted by Crippen LogP contribution is -2.23. The van der Waals surface area contributed by atoms with Gasteiger partial charge in [0.25, 0.3) is 0 Å². The fourth-order valence-electron chi connectivity index (χ4n) is 2.24. The number of fused-ring (bicyclic) bond motifs is 1. The Morgan fingerprint density at radius 1 is 1.50 bits per heavy atom. The van der Waals surface area contributed by atoms with Crippen molar-refractivity contribution in [2.75, 3.05) is 7.05 Å². The number of hydrogen-bond donors (Lipinski definition) is 2. The Hall–Kier alpha value is -2.29. The van der Waals surface area contributed by atoms with Crippen LogP contribution in [0.1, 0.15) is 25.7 Å². The summed E-state index contributed by atoms with van der Waals surface area (Å²) in [6.07, 6.45) is 8.66. The van der Waals surface area contributed by atoms with Crippen LogP contribution in [0.15, 0.2) is 55.8 Å². The largest absolute Gasteiger partial charge is 0.435 e. The van der Waals surface area contributed by atoms with Gasteiger partial charge >= 0.3 is 0 Å². The van der Waals surface area contributed by atoms with Crippen LogP contribution < -0.4 is 10.6 Å². The van der Waals surface area contributed by atoms with Gasteiger partial charge in [-0.25, -0.2) is 15.8 Å². The number of pyridine rings is 1. The van der Waals surface area contributed by atoms with E-state index in [4.69, 9.17) is 21.9 Å². The number of oxazole rings is 1. The molecule has 136 valence electrons. The summed E-state index contributed by atoms with van der Waals surface area (Å²) >= 11 is 7.60. The second-order valence-electron chi connectivity index (χ2n) is 5.49. The molecule has 0 amide bonds. The molecule has 0 unspecified atom stereocenters. The SMILES string of the molecule is CC/C(SNC1=CCC(c2nc3ncccc3o2)=CC=N1)=C(/Cl)N(C)N. The summed E-state index contributed by atoms with van der Waals surface area (Å²) in [5, 5.41) is 1.89. The molecule has 2 aromatic rings. The van der Waals surface area contributed by atoms with Gasteiger partial charge in [0.2, 0.25) is 5.89 Å². The average molecular weight is 391 g/mol. The molecule has 1 aliphatic heterocycles. The van der Waals surface area contributed by atoms with E-state index in [0.717, 1.165) is 22.7 Å². The van der Waals surface area contributed by atoms with Crippen LogP contribution in [0.2, 0.25) is 0 Å². The Morgan fingerprint density at radius 3 is 3.08 bits per heavy atom. The number of rotatable bonds is 6. The molecule has 7 nitrogen and oxygen atoms in total. The first-order chi connectivity index (χ1) is 12.6. The molecule has 0 radical (unpaired) electrons. The minimum Gasteiger partial charge on any atom is -0.435 e. The van der Waals surface area contributed by atoms with E-state index in [2.05, 4.69) is 19.7 Å². The van der Waals surface area contributed by atoms with Crippen molar-refractivity contribution >= 4 is 46.6 Å². The Labute approximate surface area is 160 Å². The van der Waals surface area contributed by atoms with Gasteiger partial charge < -0.3 is 14.1 Å². The summed E-state index contributed by atoms with van der Waals surface area (Å²) in [5.74, 6) is 6.97. The Kier molecular flexibility index (Phi) is 5.97. The fourth-order valence-corrected chi connectivity index (χ4v) is 3.22. The third-order valence-electron chi connectivity index (χ3n) is 3.58. The van der Waals surface area contributed by atoms with Gasteiger partial charge in [0.05, 0.1) is 0 Å². The van der Waals surface area contributed by atoms with Crippen LogP contribution in [0.3, 0.4) is 0 Å². The second-order valence-corrected chi connectivity index (χ2v) is 6.75. The van der Waals surface area contributed by atoms with Gasteiger partial charge in [-0.2, -0.15) is 4.98 Å². The van der Waals surface area contributed by atoms with Crippen LogP contribution in [0.25, 0.3) is 16.8 Å². The van der Waals surface area contributed by atoms with Crippen molar-refractivity contribution in [1.82, 2.24) is 19.7 Å². The second kappa shape index (κ2) is 8.39. The van der Waals surface area contributed by atoms with Crippen LogP contribution in [0.4, 0.5) is 0 Å². The van der Waals surface area contributed by atoms with Crippen LogP contribution in [-0.4, -0.2) is 28.2 Å². The van der Waals surface area contributed by atoms with E-state index < -0.39 is 0 Å². The minimum absolute atomic E-state index is 0.501. The van der Waals surface area contributed by atoms with Crippen LogP contribution in [-0.2, 0) is 0 Å². The number of halogens is 1. The number of nitrogens with one attached hydrogen (secondary N) is 1. The molecule has 0 spiro atoms. The highest BCUT2D eigenvalue weighted by atomic mass is 35.5. The van der Waals surface area contributed by atoms with E-state index in [9.17, 15) is 0 Å². The number of allylic oxidation sites excluding steroid dienone is 4. The van der Waals surface area contributed by atoms with Crippen molar-refractivity contribution in [3.63, 3.8) is 0 Å². The maximum Gasteiger partial charge on any atom is 0.225 e. The van der Waals surface area contributed by atoms with E-state index in [1.165, 1.54) is 17.0 Å². The van der Waals surface area contributed by atoms with Gasteiger partial charge in [-0.05, 0) is 49.1 Å². The van der Waals surface area contributed by atoms with Gasteiger partial charge in [-0.1, -0.05) is 18.5 Å². The number of nitrogens with zero attached hydrogens (tertiary/aromatic N) is 4. The van der Waals surface area contributed by atoms with Crippen LogP contribution >= 0.6 is 23.5 Å². The standard InChI is InChI=1S/C17H19ClN6OS/c1-3-13(15(18)24(2)19)26-23-14-7-6-11(8-10-20-14)17-22-16-12(25-17)5-4-9-21-16/h4-5,7-10,23H,3,6,19H2,1-2H3/b15-13+. The number of hydrogen-bond acceptors (Lipinski definition) is 8. The fraction of sp³-hybridized carbons (Fsp3) is 0.235. The topological polar surface area (TPSA) is 92.6 Å². The Bertz CT molecular complexity index is 882. The molecular formula is C17H19ClN6OS. The molecule has 0 aliphatic carbocycles. The summed E-state index contributed by atoms with van der Waals surface area (Å²) in [6, 6.07) is 3.67. The first kappa shape index (κ1) is 18.5. The predicted octanol–water partition coefficient (Wildman–Crippen LogP) is 3.78. The molecule has 26 heavy (non-hydrogen) atoms. The normalized spacial score (nSPS) is 15.2. The molecule has 0 saturated heterocycles. The zero-order chi connectivity index (χ0) is 18.5. The lowest BCUT2D eigenvalue weighted by atomic mass is 10.2. The monoisotopic (exact) mass is 390 g/mol. The van der Waals surface area contributed by atoms with Gasteiger partial charge in [-0.15, -0.1) is 0 Å². The summed E-state index contributed by atoms with van der Waals surface area (Å²) in [7, 11) is 1.70. The van der Waals surface area contributed by atoms with E-state index >= 15 is 0 Å². The summed E-state index contributed by atoms with van der Waals surface area (Å²) in [6.45, 7) is 2.02. The smallest absolute Gasteiger partial charge is 0.225 e. The summed E-state index contributed by atoms with van der Waals surface area (Å²) in [5.41, 5.74) is 2.20. The molecule has 3 rings (SSSR count). The van der Waals surface area contributed by atoms with Gasteiger partial charge in [0, 0.05) is 29.9 Å². The molecular weight excluding hydrogens is 372 g/mol. The van der Waals surface area contributed by atoms with Crippen LogP contribution in [0, 0.1) is 0 Å². The van der Waals surface area contributed by atoms with Crippen molar-refractivity contribution in [3.8, 4) is 0 Å². The molecule has 3 N–H and O–H groups in total. The van der Waals surface area contributed by atoms with Crippen molar-refractivity contribution in [2.45, 2.75) is 19.8 Å². The zero-order valence-corrected chi connectivity index (χ0v) is 16.0. The number of hydrazine groups is 1. The maximum atomic E-state index is 6.20. The quantitative estimate of drug-likeness (QED) is 0.335. The molecule has 0 aromatic carbocycles. The van der Waals surface area contributed by atoms with Crippen molar-refractivity contribution in [3.05, 3.63) is 52.3 Å². The molecule has 3 heterocycles. The molecule has 2 aromatic heterocycles. The Balaban J connectivity index is 1.70.